The molecule has 0 aliphatic rings. The van der Waals surface area contributed by atoms with Crippen LogP contribution in [0.15, 0.2) is 48.5 Å². The van der Waals surface area contributed by atoms with Gasteiger partial charge in [0.05, 0.1) is 5.56 Å². The van der Waals surface area contributed by atoms with Gasteiger partial charge in [0.2, 0.25) is 0 Å². The summed E-state index contributed by atoms with van der Waals surface area (Å²) in [6.45, 7) is 2.06. The van der Waals surface area contributed by atoms with Gasteiger partial charge in [0, 0.05) is 0 Å². The lowest BCUT2D eigenvalue weighted by Gasteiger charge is -2.11. The van der Waals surface area contributed by atoms with Gasteiger partial charge in [-0.05, 0) is 65.1 Å². The lowest BCUT2D eigenvalue weighted by atomic mass is 9.97. The first-order chi connectivity index (χ1) is 13.3. The van der Waals surface area contributed by atoms with Gasteiger partial charge in [-0.1, -0.05) is 38.0 Å². The van der Waals surface area contributed by atoms with Crippen LogP contribution in [0.2, 0.25) is 0 Å². The van der Waals surface area contributed by atoms with E-state index in [0.717, 1.165) is 19.3 Å². The predicted molar refractivity (Wildman–Crippen MR) is 99.2 cm³/mol. The minimum atomic E-state index is -4.78. The highest BCUT2D eigenvalue weighted by Gasteiger charge is 2.31. The standard InChI is InChI=1S/C22H19F5O/c1-2-3-4-5-14-10-19(23)21(20(24)11-14)17-7-6-16-13-18(28-22(25,26)27)9-8-15(16)12-17/h6-13H,2-5H2,1H3. The minimum absolute atomic E-state index is 0.142. The van der Waals surface area contributed by atoms with E-state index in [4.69, 9.17) is 0 Å². The van der Waals surface area contributed by atoms with Crippen LogP contribution < -0.4 is 4.74 Å². The van der Waals surface area contributed by atoms with Crippen LogP contribution in [0, 0.1) is 11.6 Å². The van der Waals surface area contributed by atoms with Crippen molar-refractivity contribution in [2.45, 2.75) is 39.0 Å². The fourth-order valence-electron chi connectivity index (χ4n) is 3.20. The van der Waals surface area contributed by atoms with Gasteiger partial charge in [0.1, 0.15) is 17.4 Å². The molecule has 0 aromatic heterocycles. The highest BCUT2D eigenvalue weighted by molar-refractivity contribution is 5.88. The second-order valence-electron chi connectivity index (χ2n) is 6.66. The number of aryl methyl sites for hydroxylation is 1. The molecule has 0 fully saturated rings. The molecule has 0 aliphatic carbocycles. The summed E-state index contributed by atoms with van der Waals surface area (Å²) in [5.74, 6) is -1.65. The molecule has 0 atom stereocenters. The van der Waals surface area contributed by atoms with Crippen molar-refractivity contribution in [1.29, 1.82) is 0 Å². The Bertz CT molecular complexity index is 955. The molecule has 0 heterocycles. The highest BCUT2D eigenvalue weighted by atomic mass is 19.4. The van der Waals surface area contributed by atoms with Crippen molar-refractivity contribution in [2.24, 2.45) is 0 Å². The molecule has 0 aliphatic heterocycles. The molecule has 3 aromatic rings. The lowest BCUT2D eigenvalue weighted by molar-refractivity contribution is -0.274. The van der Waals surface area contributed by atoms with E-state index in [0.29, 0.717) is 28.3 Å². The van der Waals surface area contributed by atoms with Crippen molar-refractivity contribution in [3.05, 3.63) is 65.7 Å². The molecule has 28 heavy (non-hydrogen) atoms. The molecule has 3 aromatic carbocycles. The molecule has 0 N–H and O–H groups in total. The largest absolute Gasteiger partial charge is 0.573 e. The Hall–Kier alpha value is -2.63. The Balaban J connectivity index is 1.92. The average Bonchev–Trinajstić information content (AvgIpc) is 2.60. The second-order valence-corrected chi connectivity index (χ2v) is 6.66. The van der Waals surface area contributed by atoms with Crippen LogP contribution in [-0.4, -0.2) is 6.36 Å². The summed E-state index contributed by atoms with van der Waals surface area (Å²) in [5, 5.41) is 1.03. The minimum Gasteiger partial charge on any atom is -0.406 e. The van der Waals surface area contributed by atoms with Crippen LogP contribution in [0.1, 0.15) is 31.7 Å². The lowest BCUT2D eigenvalue weighted by Crippen LogP contribution is -2.16. The van der Waals surface area contributed by atoms with Crippen molar-refractivity contribution < 1.29 is 26.7 Å². The zero-order chi connectivity index (χ0) is 20.3. The third kappa shape index (κ3) is 4.80. The second kappa shape index (κ2) is 8.17. The fourth-order valence-corrected chi connectivity index (χ4v) is 3.20. The molecule has 0 saturated heterocycles. The van der Waals surface area contributed by atoms with E-state index in [-0.39, 0.29) is 11.3 Å². The number of alkyl halides is 3. The number of benzene rings is 3. The predicted octanol–water partition coefficient (Wildman–Crippen LogP) is 7.42. The summed E-state index contributed by atoms with van der Waals surface area (Å²) in [6, 6.07) is 11.1. The maximum Gasteiger partial charge on any atom is 0.573 e. The summed E-state index contributed by atoms with van der Waals surface area (Å²) < 4.78 is 70.1. The maximum absolute atomic E-state index is 14.6. The third-order valence-electron chi connectivity index (χ3n) is 4.50. The number of halogens is 5. The van der Waals surface area contributed by atoms with Crippen LogP contribution in [0.25, 0.3) is 21.9 Å². The Morgan fingerprint density at radius 2 is 1.46 bits per heavy atom. The normalized spacial score (nSPS) is 11.8. The van der Waals surface area contributed by atoms with E-state index < -0.39 is 18.0 Å². The first-order valence-electron chi connectivity index (χ1n) is 9.04. The first-order valence-corrected chi connectivity index (χ1v) is 9.04. The Kier molecular flexibility index (Phi) is 5.87. The highest BCUT2D eigenvalue weighted by Crippen LogP contribution is 2.32. The summed E-state index contributed by atoms with van der Waals surface area (Å²) in [6.07, 6.45) is -1.28. The molecule has 0 saturated carbocycles. The zero-order valence-electron chi connectivity index (χ0n) is 15.2. The van der Waals surface area contributed by atoms with Gasteiger partial charge in [-0.3, -0.25) is 0 Å². The molecule has 148 valence electrons. The maximum atomic E-state index is 14.6. The van der Waals surface area contributed by atoms with Crippen LogP contribution in [0.4, 0.5) is 22.0 Å². The number of rotatable bonds is 6. The average molecular weight is 394 g/mol. The molecule has 0 spiro atoms. The SMILES string of the molecule is CCCCCc1cc(F)c(-c2ccc3cc(OC(F)(F)F)ccc3c2)c(F)c1. The van der Waals surface area contributed by atoms with Crippen LogP contribution >= 0.6 is 0 Å². The van der Waals surface area contributed by atoms with Crippen molar-refractivity contribution in [3.8, 4) is 16.9 Å². The number of hydrogen-bond acceptors (Lipinski definition) is 1. The summed E-state index contributed by atoms with van der Waals surface area (Å²) in [4.78, 5) is 0. The summed E-state index contributed by atoms with van der Waals surface area (Å²) in [5.41, 5.74) is 0.797. The van der Waals surface area contributed by atoms with Crippen molar-refractivity contribution in [1.82, 2.24) is 0 Å². The van der Waals surface area contributed by atoms with Gasteiger partial charge in [0.25, 0.3) is 0 Å². The van der Waals surface area contributed by atoms with E-state index in [2.05, 4.69) is 11.7 Å². The first kappa shape index (κ1) is 20.1. The Morgan fingerprint density at radius 1 is 0.821 bits per heavy atom. The molecule has 6 heteroatoms. The summed E-state index contributed by atoms with van der Waals surface area (Å²) >= 11 is 0. The molecule has 0 unspecified atom stereocenters. The van der Waals surface area contributed by atoms with Gasteiger partial charge >= 0.3 is 6.36 Å². The van der Waals surface area contributed by atoms with Gasteiger partial charge in [-0.25, -0.2) is 8.78 Å². The van der Waals surface area contributed by atoms with Gasteiger partial charge in [-0.15, -0.1) is 13.2 Å². The van der Waals surface area contributed by atoms with Gasteiger partial charge in [0.15, 0.2) is 0 Å². The van der Waals surface area contributed by atoms with E-state index >= 15 is 0 Å². The summed E-state index contributed by atoms with van der Waals surface area (Å²) in [7, 11) is 0. The quantitative estimate of drug-likeness (QED) is 0.312. The van der Waals surface area contributed by atoms with E-state index in [1.807, 2.05) is 0 Å². The molecule has 3 rings (SSSR count). The fraction of sp³-hybridized carbons (Fsp3) is 0.273. The topological polar surface area (TPSA) is 9.23 Å². The molecule has 0 amide bonds. The van der Waals surface area contributed by atoms with E-state index in [9.17, 15) is 22.0 Å². The molecular weight excluding hydrogens is 375 g/mol. The Morgan fingerprint density at radius 3 is 2.11 bits per heavy atom. The van der Waals surface area contributed by atoms with Crippen LogP contribution in [0.5, 0.6) is 5.75 Å². The van der Waals surface area contributed by atoms with Crippen molar-refractivity contribution >= 4 is 10.8 Å². The molecular formula is C22H19F5O. The van der Waals surface area contributed by atoms with Crippen molar-refractivity contribution in [2.75, 3.05) is 0 Å². The molecule has 1 nitrogen and oxygen atoms in total. The molecule has 0 radical (unpaired) electrons. The number of hydrogen-bond donors (Lipinski definition) is 0. The third-order valence-corrected chi connectivity index (χ3v) is 4.50. The molecule has 0 bridgehead atoms. The number of ether oxygens (including phenoxy) is 1. The van der Waals surface area contributed by atoms with Gasteiger partial charge < -0.3 is 4.74 Å². The zero-order valence-corrected chi connectivity index (χ0v) is 15.2. The van der Waals surface area contributed by atoms with Gasteiger partial charge in [-0.2, -0.15) is 0 Å². The monoisotopic (exact) mass is 394 g/mol. The number of fused-ring (bicyclic) bond motifs is 1. The smallest absolute Gasteiger partial charge is 0.406 e. The number of unbranched alkanes of at least 4 members (excludes halogenated alkanes) is 2. The van der Waals surface area contributed by atoms with E-state index in [1.54, 1.807) is 6.07 Å². The van der Waals surface area contributed by atoms with E-state index in [1.165, 1.54) is 42.5 Å². The van der Waals surface area contributed by atoms with Crippen LogP contribution in [-0.2, 0) is 6.42 Å². The Labute approximate surface area is 159 Å². The van der Waals surface area contributed by atoms with Crippen LogP contribution in [0.3, 0.4) is 0 Å². The van der Waals surface area contributed by atoms with Crippen molar-refractivity contribution in [3.63, 3.8) is 0 Å².